The number of anilines is 1. The molecule has 0 aliphatic rings. The maximum Gasteiger partial charge on any atom is 0.225 e. The number of hydrogen-bond donors (Lipinski definition) is 1. The number of benzene rings is 1. The molecule has 1 amide bonds. The highest BCUT2D eigenvalue weighted by Crippen LogP contribution is 2.14. The van der Waals surface area contributed by atoms with Crippen LogP contribution in [0.15, 0.2) is 29.2 Å². The molecule has 0 saturated carbocycles. The zero-order valence-electron chi connectivity index (χ0n) is 8.73. The van der Waals surface area contributed by atoms with Crippen LogP contribution in [0, 0.1) is 0 Å². The highest BCUT2D eigenvalue weighted by atomic mass is 79.9. The summed E-state index contributed by atoms with van der Waals surface area (Å²) in [5.41, 5.74) is 0.596. The minimum atomic E-state index is -3.18. The van der Waals surface area contributed by atoms with Gasteiger partial charge in [0.05, 0.1) is 4.90 Å². The first kappa shape index (κ1) is 13.2. The molecule has 4 nitrogen and oxygen atoms in total. The van der Waals surface area contributed by atoms with Crippen molar-refractivity contribution in [2.75, 3.05) is 16.9 Å². The molecule has 0 bridgehead atoms. The minimum Gasteiger partial charge on any atom is -0.326 e. The third kappa shape index (κ3) is 3.94. The van der Waals surface area contributed by atoms with Crippen LogP contribution in [0.5, 0.6) is 0 Å². The minimum absolute atomic E-state index is 0.107. The van der Waals surface area contributed by atoms with Crippen LogP contribution in [0.4, 0.5) is 5.69 Å². The first-order chi connectivity index (χ1) is 7.43. The Morgan fingerprint density at radius 1 is 1.31 bits per heavy atom. The van der Waals surface area contributed by atoms with Crippen LogP contribution in [-0.4, -0.2) is 25.9 Å². The summed E-state index contributed by atoms with van der Waals surface area (Å²) in [5.74, 6) is -0.107. The number of halogens is 1. The molecule has 0 aromatic heterocycles. The maximum atomic E-state index is 11.2. The molecule has 0 atom stereocenters. The van der Waals surface area contributed by atoms with Crippen LogP contribution < -0.4 is 5.32 Å². The lowest BCUT2D eigenvalue weighted by Crippen LogP contribution is -2.11. The fraction of sp³-hybridized carbons (Fsp3) is 0.300. The molecule has 0 radical (unpaired) electrons. The van der Waals surface area contributed by atoms with Gasteiger partial charge in [0, 0.05) is 23.7 Å². The summed E-state index contributed by atoms with van der Waals surface area (Å²) < 4.78 is 22.4. The van der Waals surface area contributed by atoms with Gasteiger partial charge < -0.3 is 5.32 Å². The van der Waals surface area contributed by atoms with E-state index in [4.69, 9.17) is 0 Å². The Labute approximate surface area is 103 Å². The summed E-state index contributed by atoms with van der Waals surface area (Å²) in [6.07, 6.45) is 1.53. The van der Waals surface area contributed by atoms with Crippen molar-refractivity contribution < 1.29 is 13.2 Å². The van der Waals surface area contributed by atoms with Crippen LogP contribution in [0.1, 0.15) is 6.42 Å². The lowest BCUT2D eigenvalue weighted by Gasteiger charge is -2.04. The summed E-state index contributed by atoms with van der Waals surface area (Å²) in [5, 5.41) is 3.26. The SMILES string of the molecule is CS(=O)(=O)c1ccc(NC(=O)CCBr)cc1. The van der Waals surface area contributed by atoms with Crippen molar-refractivity contribution in [3.63, 3.8) is 0 Å². The van der Waals surface area contributed by atoms with Crippen molar-refractivity contribution >= 4 is 37.4 Å². The number of amides is 1. The molecular formula is C10H12BrNO3S. The van der Waals surface area contributed by atoms with Crippen molar-refractivity contribution in [1.29, 1.82) is 0 Å². The first-order valence-electron chi connectivity index (χ1n) is 4.59. The van der Waals surface area contributed by atoms with E-state index >= 15 is 0 Å². The van der Waals surface area contributed by atoms with Crippen LogP contribution >= 0.6 is 15.9 Å². The molecular weight excluding hydrogens is 294 g/mol. The van der Waals surface area contributed by atoms with Crippen molar-refractivity contribution in [1.82, 2.24) is 0 Å². The van der Waals surface area contributed by atoms with E-state index in [1.54, 1.807) is 12.1 Å². The highest BCUT2D eigenvalue weighted by molar-refractivity contribution is 9.09. The molecule has 0 aliphatic carbocycles. The van der Waals surface area contributed by atoms with Gasteiger partial charge in [-0.15, -0.1) is 0 Å². The van der Waals surface area contributed by atoms with Crippen LogP contribution in [-0.2, 0) is 14.6 Å². The van der Waals surface area contributed by atoms with E-state index < -0.39 is 9.84 Å². The van der Waals surface area contributed by atoms with Crippen molar-refractivity contribution in [3.8, 4) is 0 Å². The molecule has 0 aliphatic heterocycles. The molecule has 1 aromatic rings. The van der Waals surface area contributed by atoms with Gasteiger partial charge in [-0.1, -0.05) is 15.9 Å². The van der Waals surface area contributed by atoms with Crippen molar-refractivity contribution in [3.05, 3.63) is 24.3 Å². The average molecular weight is 306 g/mol. The van der Waals surface area contributed by atoms with Gasteiger partial charge in [-0.25, -0.2) is 8.42 Å². The Morgan fingerprint density at radius 3 is 2.31 bits per heavy atom. The number of hydrogen-bond acceptors (Lipinski definition) is 3. The van der Waals surface area contributed by atoms with Gasteiger partial charge in [-0.2, -0.15) is 0 Å². The zero-order chi connectivity index (χ0) is 12.2. The second-order valence-corrected chi connectivity index (χ2v) is 6.09. The third-order valence-corrected chi connectivity index (χ3v) is 3.41. The summed E-state index contributed by atoms with van der Waals surface area (Å²) in [4.78, 5) is 11.5. The third-order valence-electron chi connectivity index (χ3n) is 1.89. The fourth-order valence-corrected chi connectivity index (χ4v) is 2.09. The summed E-state index contributed by atoms with van der Waals surface area (Å²) >= 11 is 3.16. The molecule has 6 heteroatoms. The normalized spacial score (nSPS) is 11.1. The van der Waals surface area contributed by atoms with E-state index in [-0.39, 0.29) is 10.8 Å². The van der Waals surface area contributed by atoms with Crippen molar-refractivity contribution in [2.24, 2.45) is 0 Å². The van der Waals surface area contributed by atoms with Crippen LogP contribution in [0.25, 0.3) is 0 Å². The second kappa shape index (κ2) is 5.45. The Kier molecular flexibility index (Phi) is 4.49. The number of alkyl halides is 1. The molecule has 0 saturated heterocycles. The van der Waals surface area contributed by atoms with Gasteiger partial charge in [0.15, 0.2) is 9.84 Å². The highest BCUT2D eigenvalue weighted by Gasteiger charge is 2.07. The number of rotatable bonds is 4. The Hall–Kier alpha value is -0.880. The molecule has 0 heterocycles. The number of sulfone groups is 1. The summed E-state index contributed by atoms with van der Waals surface area (Å²) in [6, 6.07) is 6.09. The molecule has 0 fully saturated rings. The van der Waals surface area contributed by atoms with Crippen molar-refractivity contribution in [2.45, 2.75) is 11.3 Å². The lowest BCUT2D eigenvalue weighted by molar-refractivity contribution is -0.115. The first-order valence-corrected chi connectivity index (χ1v) is 7.60. The van der Waals surface area contributed by atoms with Gasteiger partial charge in [0.25, 0.3) is 0 Å². The van der Waals surface area contributed by atoms with E-state index in [2.05, 4.69) is 21.2 Å². The van der Waals surface area contributed by atoms with Gasteiger partial charge in [-0.3, -0.25) is 4.79 Å². The predicted octanol–water partition coefficient (Wildman–Crippen LogP) is 1.81. The molecule has 88 valence electrons. The van der Waals surface area contributed by atoms with Gasteiger partial charge in [-0.05, 0) is 24.3 Å². The smallest absolute Gasteiger partial charge is 0.225 e. The molecule has 0 unspecified atom stereocenters. The topological polar surface area (TPSA) is 63.2 Å². The van der Waals surface area contributed by atoms with Crippen LogP contribution in [0.3, 0.4) is 0 Å². The maximum absolute atomic E-state index is 11.2. The molecule has 1 N–H and O–H groups in total. The van der Waals surface area contributed by atoms with E-state index in [9.17, 15) is 13.2 Å². The summed E-state index contributed by atoms with van der Waals surface area (Å²) in [7, 11) is -3.18. The predicted molar refractivity (Wildman–Crippen MR) is 66.6 cm³/mol. The molecule has 16 heavy (non-hydrogen) atoms. The second-order valence-electron chi connectivity index (χ2n) is 3.28. The molecule has 1 rings (SSSR count). The Morgan fingerprint density at radius 2 is 1.88 bits per heavy atom. The number of carbonyl (C=O) groups excluding carboxylic acids is 1. The zero-order valence-corrected chi connectivity index (χ0v) is 11.1. The fourth-order valence-electron chi connectivity index (χ4n) is 1.09. The van der Waals surface area contributed by atoms with E-state index in [1.165, 1.54) is 12.1 Å². The average Bonchev–Trinajstić information content (AvgIpc) is 2.17. The Balaban J connectivity index is 2.76. The largest absolute Gasteiger partial charge is 0.326 e. The number of nitrogens with one attached hydrogen (secondary N) is 1. The van der Waals surface area contributed by atoms with Gasteiger partial charge in [0.2, 0.25) is 5.91 Å². The summed E-state index contributed by atoms with van der Waals surface area (Å²) in [6.45, 7) is 0. The molecule has 1 aromatic carbocycles. The standard InChI is InChI=1S/C10H12BrNO3S/c1-16(14,15)9-4-2-8(3-5-9)12-10(13)6-7-11/h2-5H,6-7H2,1H3,(H,12,13). The van der Waals surface area contributed by atoms with Crippen LogP contribution in [0.2, 0.25) is 0 Å². The molecule has 0 spiro atoms. The Bertz CT molecular complexity index is 467. The number of carbonyl (C=O) groups is 1. The van der Waals surface area contributed by atoms with E-state index in [0.717, 1.165) is 6.26 Å². The van der Waals surface area contributed by atoms with E-state index in [1.807, 2.05) is 0 Å². The monoisotopic (exact) mass is 305 g/mol. The lowest BCUT2D eigenvalue weighted by atomic mass is 10.3. The van der Waals surface area contributed by atoms with Gasteiger partial charge in [0.1, 0.15) is 0 Å². The quantitative estimate of drug-likeness (QED) is 0.863. The van der Waals surface area contributed by atoms with E-state index in [0.29, 0.717) is 17.4 Å². The van der Waals surface area contributed by atoms with Gasteiger partial charge >= 0.3 is 0 Å².